The molecule has 0 bridgehead atoms. The van der Waals surface area contributed by atoms with Crippen LogP contribution in [-0.4, -0.2) is 25.5 Å². The monoisotopic (exact) mass is 382 g/mol. The summed E-state index contributed by atoms with van der Waals surface area (Å²) >= 11 is 6.76. The normalized spacial score (nSPS) is 20.4. The highest BCUT2D eigenvalue weighted by atomic mass is 35.5. The molecule has 3 rings (SSSR count). The molecule has 2 aliphatic rings. The first-order valence-corrected chi connectivity index (χ1v) is 12.2. The Kier molecular flexibility index (Phi) is 6.92. The Hall–Kier alpha value is -0.460. The fourth-order valence-electron chi connectivity index (χ4n) is 4.97. The lowest BCUT2D eigenvalue weighted by molar-refractivity contribution is 0.395. The third-order valence-corrected chi connectivity index (χ3v) is 12.2. The van der Waals surface area contributed by atoms with Gasteiger partial charge in [0.25, 0.3) is 0 Å². The second kappa shape index (κ2) is 8.96. The van der Waals surface area contributed by atoms with Crippen molar-refractivity contribution in [2.75, 3.05) is 14.2 Å². The van der Waals surface area contributed by atoms with Crippen LogP contribution in [0.1, 0.15) is 64.2 Å². The molecule has 0 unspecified atom stereocenters. The quantitative estimate of drug-likeness (QED) is 0.420. The Bertz CT molecular complexity index is 511. The molecule has 0 N–H and O–H groups in total. The first kappa shape index (κ1) is 19.3. The average Bonchev–Trinajstić information content (AvgIpc) is 2.70. The summed E-state index contributed by atoms with van der Waals surface area (Å²) in [5.41, 5.74) is 3.60. The standard InChI is InChI=1S/C21H32ClO2P/c1-23-17-13-18(24-2)15-21(14-17)25(16-22,19-9-5-3-6-10-19)20-11-7-4-8-12-20/h13-16,19-20H,3-12H2,1-2H3. The van der Waals surface area contributed by atoms with E-state index in [1.807, 2.05) is 6.07 Å². The van der Waals surface area contributed by atoms with Gasteiger partial charge in [-0.1, -0.05) is 25.7 Å². The van der Waals surface area contributed by atoms with Gasteiger partial charge in [0.15, 0.2) is 0 Å². The maximum absolute atomic E-state index is 6.76. The first-order valence-electron chi connectivity index (χ1n) is 9.81. The van der Waals surface area contributed by atoms with E-state index in [-0.39, 0.29) is 0 Å². The smallest absolute Gasteiger partial charge is 0.126 e. The minimum absolute atomic E-state index is 0.735. The van der Waals surface area contributed by atoms with Crippen molar-refractivity contribution in [3.8, 4) is 11.5 Å². The summed E-state index contributed by atoms with van der Waals surface area (Å²) in [7, 11) is 1.90. The van der Waals surface area contributed by atoms with Gasteiger partial charge >= 0.3 is 0 Å². The molecule has 0 aromatic heterocycles. The van der Waals surface area contributed by atoms with Crippen molar-refractivity contribution in [1.29, 1.82) is 0 Å². The Labute approximate surface area is 159 Å². The summed E-state index contributed by atoms with van der Waals surface area (Å²) < 4.78 is 11.2. The molecule has 0 aliphatic heterocycles. The maximum Gasteiger partial charge on any atom is 0.126 e. The van der Waals surface area contributed by atoms with Crippen molar-refractivity contribution in [1.82, 2.24) is 0 Å². The lowest BCUT2D eigenvalue weighted by Crippen LogP contribution is -2.34. The molecule has 2 saturated carbocycles. The van der Waals surface area contributed by atoms with E-state index in [4.69, 9.17) is 21.1 Å². The third-order valence-electron chi connectivity index (χ3n) is 6.30. The molecule has 140 valence electrons. The van der Waals surface area contributed by atoms with Gasteiger partial charge in [0.1, 0.15) is 11.5 Å². The van der Waals surface area contributed by atoms with Gasteiger partial charge in [0.05, 0.1) is 19.5 Å². The van der Waals surface area contributed by atoms with Gasteiger partial charge in [0, 0.05) is 29.5 Å². The van der Waals surface area contributed by atoms with Crippen molar-refractivity contribution in [2.24, 2.45) is 0 Å². The molecule has 0 heterocycles. The Morgan fingerprint density at radius 2 is 1.24 bits per heavy atom. The molecule has 0 atom stereocenters. The van der Waals surface area contributed by atoms with Gasteiger partial charge in [-0.25, -0.2) is 0 Å². The van der Waals surface area contributed by atoms with Gasteiger partial charge in [-0.3, -0.25) is 0 Å². The molecule has 25 heavy (non-hydrogen) atoms. The predicted octanol–water partition coefficient (Wildman–Crippen LogP) is 6.37. The van der Waals surface area contributed by atoms with Crippen LogP contribution in [0.3, 0.4) is 0 Å². The van der Waals surface area contributed by atoms with Crippen LogP contribution in [-0.2, 0) is 0 Å². The van der Waals surface area contributed by atoms with Crippen LogP contribution in [0.15, 0.2) is 18.2 Å². The molecule has 1 aromatic rings. The Balaban J connectivity index is 2.08. The van der Waals surface area contributed by atoms with Gasteiger partial charge < -0.3 is 21.1 Å². The predicted molar refractivity (Wildman–Crippen MR) is 110 cm³/mol. The summed E-state index contributed by atoms with van der Waals surface area (Å²) in [5, 5.41) is 1.40. The summed E-state index contributed by atoms with van der Waals surface area (Å²) in [6, 6.07) is 6.48. The average molecular weight is 383 g/mol. The zero-order chi connectivity index (χ0) is 17.7. The van der Waals surface area contributed by atoms with Crippen LogP contribution in [0.25, 0.3) is 0 Å². The fourth-order valence-corrected chi connectivity index (χ4v) is 11.3. The highest BCUT2D eigenvalue weighted by Gasteiger charge is 2.47. The van der Waals surface area contributed by atoms with Gasteiger partial charge in [0.2, 0.25) is 0 Å². The topological polar surface area (TPSA) is 18.5 Å². The number of benzene rings is 1. The lowest BCUT2D eigenvalue weighted by Gasteiger charge is -2.48. The van der Waals surface area contributed by atoms with Crippen LogP contribution < -0.4 is 14.8 Å². The summed E-state index contributed by atoms with van der Waals surface area (Å²) in [6.07, 6.45) is 13.5. The number of hydrogen-bond acceptors (Lipinski definition) is 2. The minimum Gasteiger partial charge on any atom is -0.496 e. The van der Waals surface area contributed by atoms with Crippen LogP contribution in [0, 0.1) is 5.62 Å². The van der Waals surface area contributed by atoms with Crippen LogP contribution in [0.5, 0.6) is 11.5 Å². The van der Waals surface area contributed by atoms with E-state index in [0.29, 0.717) is 0 Å². The van der Waals surface area contributed by atoms with Crippen molar-refractivity contribution in [3.63, 3.8) is 0 Å². The van der Waals surface area contributed by atoms with Crippen molar-refractivity contribution in [3.05, 3.63) is 23.8 Å². The Morgan fingerprint density at radius 1 is 0.800 bits per heavy atom. The molecule has 4 heteroatoms. The van der Waals surface area contributed by atoms with E-state index >= 15 is 0 Å². The molecule has 0 saturated heterocycles. The van der Waals surface area contributed by atoms with Gasteiger partial charge in [-0.15, -0.1) is 0 Å². The summed E-state index contributed by atoms with van der Waals surface area (Å²) in [5.74, 6) is 1.78. The van der Waals surface area contributed by atoms with Gasteiger partial charge in [-0.2, -0.15) is 0 Å². The van der Waals surface area contributed by atoms with E-state index in [1.54, 1.807) is 14.2 Å². The zero-order valence-electron chi connectivity index (χ0n) is 15.7. The summed E-state index contributed by atoms with van der Waals surface area (Å²) in [4.78, 5) is 0. The molecular formula is C21H32ClO2P. The van der Waals surface area contributed by atoms with Crippen LogP contribution in [0.2, 0.25) is 0 Å². The molecule has 2 nitrogen and oxygen atoms in total. The first-order chi connectivity index (χ1) is 12.2. The van der Waals surface area contributed by atoms with Crippen LogP contribution in [0.4, 0.5) is 0 Å². The SMILES string of the molecule is COc1cc(OC)cc([P+]([CH-]Cl)(C2CCCCC2)C2CCCCC2)c1. The second-order valence-corrected chi connectivity index (χ2v) is 12.0. The highest BCUT2D eigenvalue weighted by molar-refractivity contribution is 7.87. The second-order valence-electron chi connectivity index (χ2n) is 7.59. The van der Waals surface area contributed by atoms with E-state index in [2.05, 4.69) is 17.8 Å². The summed E-state index contributed by atoms with van der Waals surface area (Å²) in [6.45, 7) is 0. The molecular weight excluding hydrogens is 351 g/mol. The van der Waals surface area contributed by atoms with Crippen molar-refractivity contribution in [2.45, 2.75) is 75.5 Å². The molecule has 2 aliphatic carbocycles. The van der Waals surface area contributed by atoms with Crippen molar-refractivity contribution >= 4 is 24.2 Å². The minimum atomic E-state index is -1.58. The molecule has 1 aromatic carbocycles. The number of hydrogen-bond donors (Lipinski definition) is 0. The molecule has 0 spiro atoms. The molecule has 0 amide bonds. The van der Waals surface area contributed by atoms with Crippen molar-refractivity contribution < 1.29 is 9.47 Å². The van der Waals surface area contributed by atoms with Gasteiger partial charge in [-0.05, 0) is 51.4 Å². The van der Waals surface area contributed by atoms with E-state index in [1.165, 1.54) is 69.5 Å². The lowest BCUT2D eigenvalue weighted by atomic mass is 9.99. The van der Waals surface area contributed by atoms with E-state index in [9.17, 15) is 0 Å². The maximum atomic E-state index is 6.76. The number of rotatable bonds is 6. The largest absolute Gasteiger partial charge is 0.496 e. The molecule has 2 fully saturated rings. The highest BCUT2D eigenvalue weighted by Crippen LogP contribution is 2.74. The van der Waals surface area contributed by atoms with E-state index in [0.717, 1.165) is 22.8 Å². The fraction of sp³-hybridized carbons (Fsp3) is 0.667. The third kappa shape index (κ3) is 3.96. The van der Waals surface area contributed by atoms with Crippen LogP contribution >= 0.6 is 18.9 Å². The number of halogens is 1. The zero-order valence-corrected chi connectivity index (χ0v) is 17.3. The number of methoxy groups -OCH3 is 2. The molecule has 0 radical (unpaired) electrons. The Morgan fingerprint density at radius 3 is 1.60 bits per heavy atom. The number of ether oxygens (including phenoxy) is 2. The van der Waals surface area contributed by atoms with E-state index < -0.39 is 7.26 Å².